The highest BCUT2D eigenvalue weighted by Gasteiger charge is 2.30. The Morgan fingerprint density at radius 1 is 0.304 bits per heavy atom. The topological polar surface area (TPSA) is 44.8 Å². The number of alkyl halides is 3. The van der Waals surface area contributed by atoms with Gasteiger partial charge in [0, 0.05) is 0 Å². The highest BCUT2D eigenvalue weighted by Crippen LogP contribution is 2.50. The molecular formula is C48H96Cl3O4P. The van der Waals surface area contributed by atoms with E-state index >= 15 is 0 Å². The number of phosphoric ester groups is 1. The van der Waals surface area contributed by atoms with Gasteiger partial charge in [-0.25, -0.2) is 4.57 Å². The molecule has 0 saturated heterocycles. The lowest BCUT2D eigenvalue weighted by Crippen LogP contribution is -2.16. The van der Waals surface area contributed by atoms with Gasteiger partial charge in [-0.2, -0.15) is 0 Å². The van der Waals surface area contributed by atoms with E-state index < -0.39 is 7.82 Å². The molecule has 0 spiro atoms. The van der Waals surface area contributed by atoms with Crippen molar-refractivity contribution in [2.24, 2.45) is 0 Å². The van der Waals surface area contributed by atoms with Gasteiger partial charge in [0.1, 0.15) is 0 Å². The van der Waals surface area contributed by atoms with E-state index in [1.54, 1.807) is 0 Å². The molecule has 56 heavy (non-hydrogen) atoms. The zero-order valence-corrected chi connectivity index (χ0v) is 40.8. The van der Waals surface area contributed by atoms with Crippen LogP contribution in [0.5, 0.6) is 0 Å². The van der Waals surface area contributed by atoms with Crippen molar-refractivity contribution in [1.82, 2.24) is 0 Å². The highest BCUT2D eigenvalue weighted by molar-refractivity contribution is 7.48. The standard InChI is InChI=1S/C48H96Cl3O4P/c1-4-7-10-13-16-19-22-25-28-31-34-37-40-46(49)43-53-56(52,54-44-47(50)41-38-35-32-29-26-23-20-17-14-11-8-5-2)55-45-48(51)42-39-36-33-30-27-24-21-18-15-12-9-6-3/h46-48H,4-45H2,1-3H3. The van der Waals surface area contributed by atoms with E-state index in [1.807, 2.05) is 0 Å². The molecule has 0 aromatic heterocycles. The van der Waals surface area contributed by atoms with E-state index in [1.165, 1.54) is 212 Å². The minimum atomic E-state index is -3.84. The molecule has 0 aromatic carbocycles. The van der Waals surface area contributed by atoms with Crippen molar-refractivity contribution in [2.45, 2.75) is 287 Å². The summed E-state index contributed by atoms with van der Waals surface area (Å²) in [5.41, 5.74) is 0. The summed E-state index contributed by atoms with van der Waals surface area (Å²) in [5, 5.41) is -0.710. The third-order valence-corrected chi connectivity index (χ3v) is 13.8. The molecular weight excluding hydrogens is 778 g/mol. The van der Waals surface area contributed by atoms with Gasteiger partial charge in [-0.1, -0.05) is 252 Å². The van der Waals surface area contributed by atoms with Crippen molar-refractivity contribution in [3.8, 4) is 0 Å². The van der Waals surface area contributed by atoms with Crippen LogP contribution in [-0.4, -0.2) is 36.0 Å². The Kier molecular flexibility index (Phi) is 46.3. The number of hydrogen-bond donors (Lipinski definition) is 0. The minimum absolute atomic E-state index is 0.133. The number of halogens is 3. The van der Waals surface area contributed by atoms with Crippen molar-refractivity contribution in [2.75, 3.05) is 19.8 Å². The van der Waals surface area contributed by atoms with Crippen molar-refractivity contribution in [1.29, 1.82) is 0 Å². The highest BCUT2D eigenvalue weighted by atomic mass is 35.5. The molecule has 0 aromatic rings. The predicted octanol–water partition coefficient (Wildman–Crippen LogP) is 19.2. The summed E-state index contributed by atoms with van der Waals surface area (Å²) in [7, 11) is -3.84. The predicted molar refractivity (Wildman–Crippen MR) is 251 cm³/mol. The fourth-order valence-corrected chi connectivity index (χ4v) is 9.73. The Hall–Kier alpha value is 0.980. The first kappa shape index (κ1) is 57.0. The van der Waals surface area contributed by atoms with Crippen LogP contribution in [-0.2, 0) is 18.1 Å². The van der Waals surface area contributed by atoms with Crippen LogP contribution in [0.4, 0.5) is 0 Å². The molecule has 0 aliphatic carbocycles. The molecule has 0 amide bonds. The molecule has 338 valence electrons. The Balaban J connectivity index is 4.44. The van der Waals surface area contributed by atoms with E-state index in [0.29, 0.717) is 0 Å². The number of phosphoric acid groups is 1. The maximum atomic E-state index is 13.8. The third-order valence-electron chi connectivity index (χ3n) is 11.4. The fourth-order valence-electron chi connectivity index (χ4n) is 7.50. The first-order valence-electron chi connectivity index (χ1n) is 24.8. The fraction of sp³-hybridized carbons (Fsp3) is 1.00. The first-order chi connectivity index (χ1) is 27.4. The third kappa shape index (κ3) is 43.1. The number of hydrogen-bond acceptors (Lipinski definition) is 4. The van der Waals surface area contributed by atoms with Crippen LogP contribution in [0.1, 0.15) is 271 Å². The monoisotopic (exact) mass is 873 g/mol. The lowest BCUT2D eigenvalue weighted by atomic mass is 10.0. The van der Waals surface area contributed by atoms with Gasteiger partial charge >= 0.3 is 7.82 Å². The lowest BCUT2D eigenvalue weighted by Gasteiger charge is -2.22. The molecule has 0 aliphatic heterocycles. The van der Waals surface area contributed by atoms with Gasteiger partial charge in [-0.15, -0.1) is 34.8 Å². The van der Waals surface area contributed by atoms with Crippen LogP contribution < -0.4 is 0 Å². The van der Waals surface area contributed by atoms with E-state index in [-0.39, 0.29) is 36.0 Å². The molecule has 0 bridgehead atoms. The smallest absolute Gasteiger partial charge is 0.285 e. The second-order valence-corrected chi connectivity index (χ2v) is 20.7. The van der Waals surface area contributed by atoms with Gasteiger partial charge in [0.25, 0.3) is 0 Å². The summed E-state index contributed by atoms with van der Waals surface area (Å²) < 4.78 is 31.3. The Morgan fingerprint density at radius 2 is 0.464 bits per heavy atom. The summed E-state index contributed by atoms with van der Waals surface area (Å²) in [6.45, 7) is 7.23. The molecule has 3 atom stereocenters. The van der Waals surface area contributed by atoms with Gasteiger partial charge in [0.2, 0.25) is 0 Å². The average molecular weight is 875 g/mol. The van der Waals surface area contributed by atoms with Gasteiger partial charge in [-0.05, 0) is 19.3 Å². The average Bonchev–Trinajstić information content (AvgIpc) is 3.20. The molecule has 3 unspecified atom stereocenters. The van der Waals surface area contributed by atoms with Crippen LogP contribution in [0.25, 0.3) is 0 Å². The van der Waals surface area contributed by atoms with Gasteiger partial charge in [0.15, 0.2) is 0 Å². The normalized spacial score (nSPS) is 14.6. The summed E-state index contributed by atoms with van der Waals surface area (Å²) in [4.78, 5) is 0. The van der Waals surface area contributed by atoms with E-state index in [4.69, 9.17) is 48.4 Å². The van der Waals surface area contributed by atoms with Crippen molar-refractivity contribution < 1.29 is 18.1 Å². The Morgan fingerprint density at radius 3 is 0.643 bits per heavy atom. The van der Waals surface area contributed by atoms with Gasteiger partial charge < -0.3 is 0 Å². The molecule has 0 fully saturated rings. The van der Waals surface area contributed by atoms with Gasteiger partial charge in [0.05, 0.1) is 36.0 Å². The van der Waals surface area contributed by atoms with Crippen LogP contribution in [0.3, 0.4) is 0 Å². The summed E-state index contributed by atoms with van der Waals surface area (Å²) in [5.74, 6) is 0. The first-order valence-corrected chi connectivity index (χ1v) is 27.6. The Bertz CT molecular complexity index is 707. The van der Waals surface area contributed by atoms with Crippen LogP contribution >= 0.6 is 42.6 Å². The van der Waals surface area contributed by atoms with Crippen LogP contribution in [0.2, 0.25) is 0 Å². The Labute approximate surface area is 366 Å². The van der Waals surface area contributed by atoms with Crippen molar-refractivity contribution in [3.63, 3.8) is 0 Å². The maximum Gasteiger partial charge on any atom is 0.474 e. The quantitative estimate of drug-likeness (QED) is 0.0347. The summed E-state index contributed by atoms with van der Waals surface area (Å²) in [6, 6.07) is 0. The van der Waals surface area contributed by atoms with E-state index in [2.05, 4.69) is 20.8 Å². The lowest BCUT2D eigenvalue weighted by molar-refractivity contribution is 0.110. The molecule has 8 heteroatoms. The van der Waals surface area contributed by atoms with Crippen molar-refractivity contribution >= 4 is 42.6 Å². The zero-order chi connectivity index (χ0) is 41.1. The maximum absolute atomic E-state index is 13.8. The molecule has 0 heterocycles. The second kappa shape index (κ2) is 45.5. The molecule has 0 aliphatic rings. The summed E-state index contributed by atoms with van der Waals surface area (Å²) >= 11 is 20.0. The molecule has 0 N–H and O–H groups in total. The zero-order valence-electron chi connectivity index (χ0n) is 37.6. The van der Waals surface area contributed by atoms with E-state index in [0.717, 1.165) is 38.5 Å². The molecule has 4 nitrogen and oxygen atoms in total. The largest absolute Gasteiger partial charge is 0.474 e. The minimum Gasteiger partial charge on any atom is -0.285 e. The number of unbranched alkanes of at least 4 members (excludes halogenated alkanes) is 33. The molecule has 0 saturated carbocycles. The number of rotatable bonds is 48. The molecule has 0 rings (SSSR count). The second-order valence-electron chi connectivity index (χ2n) is 17.2. The van der Waals surface area contributed by atoms with Crippen LogP contribution in [0.15, 0.2) is 0 Å². The molecule has 0 radical (unpaired) electrons. The van der Waals surface area contributed by atoms with E-state index in [9.17, 15) is 4.57 Å². The van der Waals surface area contributed by atoms with Crippen LogP contribution in [0, 0.1) is 0 Å². The van der Waals surface area contributed by atoms with Crippen molar-refractivity contribution in [3.05, 3.63) is 0 Å². The summed E-state index contributed by atoms with van der Waals surface area (Å²) in [6.07, 6.45) is 49.6. The van der Waals surface area contributed by atoms with Gasteiger partial charge in [-0.3, -0.25) is 13.6 Å². The SMILES string of the molecule is CCCCCCCCCCCCCCC(Cl)COP(=O)(OCC(Cl)CCCCCCCCCCCCCC)OCC(Cl)CCCCCCCCCCCCCC.